The molecule has 0 aliphatic carbocycles. The van der Waals surface area contributed by atoms with Crippen molar-refractivity contribution in [3.05, 3.63) is 29.3 Å². The Bertz CT molecular complexity index is 458. The van der Waals surface area contributed by atoms with Crippen LogP contribution in [-0.2, 0) is 6.54 Å². The number of rotatable bonds is 7. The van der Waals surface area contributed by atoms with Gasteiger partial charge in [-0.3, -0.25) is 0 Å². The molecule has 0 spiro atoms. The van der Waals surface area contributed by atoms with Gasteiger partial charge in [0.2, 0.25) is 0 Å². The van der Waals surface area contributed by atoms with E-state index in [9.17, 15) is 0 Å². The number of nitrogens with one attached hydrogen (secondary N) is 1. The summed E-state index contributed by atoms with van der Waals surface area (Å²) in [5.74, 6) is 1.24. The number of methoxy groups -OCH3 is 1. The average molecular weight is 279 g/mol. The molecule has 1 atom stereocenters. The van der Waals surface area contributed by atoms with Crippen molar-refractivity contribution in [2.75, 3.05) is 7.11 Å². The number of hydrogen-bond acceptors (Lipinski definition) is 4. The molecular weight excluding hydrogens is 254 g/mol. The van der Waals surface area contributed by atoms with Gasteiger partial charge in [0, 0.05) is 12.6 Å². The number of benzene rings is 1. The Labute approximate surface area is 120 Å². The van der Waals surface area contributed by atoms with Gasteiger partial charge in [-0.25, -0.2) is 0 Å². The van der Waals surface area contributed by atoms with Crippen molar-refractivity contribution in [1.29, 1.82) is 0 Å². The second-order valence-electron chi connectivity index (χ2n) is 5.16. The quantitative estimate of drug-likeness (QED) is 0.310. The normalized spacial score (nSPS) is 13.6. The standard InChI is InChI=1S/C15H25N3O2/c1-5-13(10(2)3)17-9-11-6-7-14(20-4)12(8-11)15(16)18-19/h6-8,10,13,17,19H,5,9H2,1-4H3,(H2,16,18). The van der Waals surface area contributed by atoms with E-state index in [0.29, 0.717) is 23.3 Å². The molecule has 1 unspecified atom stereocenters. The van der Waals surface area contributed by atoms with E-state index in [1.54, 1.807) is 7.11 Å². The van der Waals surface area contributed by atoms with Gasteiger partial charge < -0.3 is 21.0 Å². The van der Waals surface area contributed by atoms with Crippen LogP contribution in [0.3, 0.4) is 0 Å². The van der Waals surface area contributed by atoms with Gasteiger partial charge in [-0.1, -0.05) is 32.0 Å². The second kappa shape index (κ2) is 7.75. The lowest BCUT2D eigenvalue weighted by molar-refractivity contribution is 0.318. The van der Waals surface area contributed by atoms with Gasteiger partial charge in [-0.2, -0.15) is 0 Å². The van der Waals surface area contributed by atoms with Crippen LogP contribution in [0.25, 0.3) is 0 Å². The van der Waals surface area contributed by atoms with Crippen LogP contribution in [0.15, 0.2) is 23.4 Å². The summed E-state index contributed by atoms with van der Waals surface area (Å²) in [6.07, 6.45) is 1.08. The fourth-order valence-electron chi connectivity index (χ4n) is 2.22. The van der Waals surface area contributed by atoms with Crippen molar-refractivity contribution >= 4 is 5.84 Å². The lowest BCUT2D eigenvalue weighted by atomic mass is 10.0. The molecule has 1 aromatic rings. The summed E-state index contributed by atoms with van der Waals surface area (Å²) in [6.45, 7) is 7.33. The minimum absolute atomic E-state index is 0.0552. The van der Waals surface area contributed by atoms with Crippen LogP contribution in [0, 0.1) is 5.92 Å². The van der Waals surface area contributed by atoms with Crippen LogP contribution in [0.2, 0.25) is 0 Å². The zero-order valence-corrected chi connectivity index (χ0v) is 12.7. The van der Waals surface area contributed by atoms with Gasteiger partial charge in [-0.15, -0.1) is 0 Å². The van der Waals surface area contributed by atoms with Crippen molar-refractivity contribution in [3.63, 3.8) is 0 Å². The number of amidine groups is 1. The minimum Gasteiger partial charge on any atom is -0.496 e. The molecule has 4 N–H and O–H groups in total. The Morgan fingerprint density at radius 2 is 2.15 bits per heavy atom. The molecule has 5 heteroatoms. The number of hydrogen-bond donors (Lipinski definition) is 3. The molecule has 112 valence electrons. The maximum absolute atomic E-state index is 8.82. The first-order valence-corrected chi connectivity index (χ1v) is 6.91. The molecule has 0 radical (unpaired) electrons. The van der Waals surface area contributed by atoms with Crippen LogP contribution in [0.5, 0.6) is 5.75 Å². The molecule has 0 fully saturated rings. The van der Waals surface area contributed by atoms with E-state index in [4.69, 9.17) is 15.7 Å². The number of oxime groups is 1. The number of nitrogens with zero attached hydrogens (tertiary/aromatic N) is 1. The van der Waals surface area contributed by atoms with Gasteiger partial charge in [0.15, 0.2) is 5.84 Å². The SMILES string of the molecule is CCC(NCc1ccc(OC)c(C(N)=NO)c1)C(C)C. The van der Waals surface area contributed by atoms with Crippen molar-refractivity contribution in [1.82, 2.24) is 5.32 Å². The molecule has 0 saturated carbocycles. The first kappa shape index (κ1) is 16.3. The first-order valence-electron chi connectivity index (χ1n) is 6.91. The lowest BCUT2D eigenvalue weighted by Crippen LogP contribution is -2.32. The molecule has 0 aliphatic heterocycles. The number of ether oxygens (including phenoxy) is 1. The van der Waals surface area contributed by atoms with E-state index in [-0.39, 0.29) is 5.84 Å². The number of nitrogens with two attached hydrogens (primary N) is 1. The van der Waals surface area contributed by atoms with Crippen LogP contribution < -0.4 is 15.8 Å². The molecule has 5 nitrogen and oxygen atoms in total. The van der Waals surface area contributed by atoms with Crippen molar-refractivity contribution < 1.29 is 9.94 Å². The van der Waals surface area contributed by atoms with Crippen molar-refractivity contribution in [2.24, 2.45) is 16.8 Å². The highest BCUT2D eigenvalue weighted by molar-refractivity contribution is 5.99. The van der Waals surface area contributed by atoms with Gasteiger partial charge in [0.25, 0.3) is 0 Å². The van der Waals surface area contributed by atoms with E-state index in [0.717, 1.165) is 18.5 Å². The highest BCUT2D eigenvalue weighted by atomic mass is 16.5. The molecule has 0 heterocycles. The molecule has 0 bridgehead atoms. The summed E-state index contributed by atoms with van der Waals surface area (Å²) >= 11 is 0. The fraction of sp³-hybridized carbons (Fsp3) is 0.533. The van der Waals surface area contributed by atoms with E-state index >= 15 is 0 Å². The maximum atomic E-state index is 8.82. The van der Waals surface area contributed by atoms with E-state index in [1.165, 1.54) is 0 Å². The molecule has 0 aromatic heterocycles. The van der Waals surface area contributed by atoms with Gasteiger partial charge in [0.05, 0.1) is 12.7 Å². The Morgan fingerprint density at radius 1 is 1.45 bits per heavy atom. The maximum Gasteiger partial charge on any atom is 0.173 e. The van der Waals surface area contributed by atoms with Gasteiger partial charge >= 0.3 is 0 Å². The topological polar surface area (TPSA) is 79.9 Å². The highest BCUT2D eigenvalue weighted by Gasteiger charge is 2.12. The van der Waals surface area contributed by atoms with Crippen LogP contribution in [0.1, 0.15) is 38.3 Å². The van der Waals surface area contributed by atoms with Gasteiger partial charge in [-0.05, 0) is 30.0 Å². The third-order valence-corrected chi connectivity index (χ3v) is 3.46. The van der Waals surface area contributed by atoms with E-state index in [1.807, 2.05) is 18.2 Å². The third-order valence-electron chi connectivity index (χ3n) is 3.46. The highest BCUT2D eigenvalue weighted by Crippen LogP contribution is 2.20. The summed E-state index contributed by atoms with van der Waals surface area (Å²) < 4.78 is 5.22. The summed E-state index contributed by atoms with van der Waals surface area (Å²) in [5, 5.41) is 15.4. The van der Waals surface area contributed by atoms with Crippen LogP contribution in [-0.4, -0.2) is 24.2 Å². The summed E-state index contributed by atoms with van der Waals surface area (Å²) in [6, 6.07) is 6.17. The molecular formula is C15H25N3O2. The third kappa shape index (κ3) is 4.13. The predicted octanol–water partition coefficient (Wildman–Crippen LogP) is 2.31. The van der Waals surface area contributed by atoms with Gasteiger partial charge in [0.1, 0.15) is 5.75 Å². The molecule has 20 heavy (non-hydrogen) atoms. The average Bonchev–Trinajstić information content (AvgIpc) is 2.46. The van der Waals surface area contributed by atoms with E-state index in [2.05, 4.69) is 31.2 Å². The molecule has 0 amide bonds. The lowest BCUT2D eigenvalue weighted by Gasteiger charge is -2.21. The summed E-state index contributed by atoms with van der Waals surface area (Å²) in [5.41, 5.74) is 7.35. The minimum atomic E-state index is 0.0552. The Balaban J connectivity index is 2.87. The van der Waals surface area contributed by atoms with E-state index < -0.39 is 0 Å². The molecule has 1 rings (SSSR count). The Kier molecular flexibility index (Phi) is 6.31. The van der Waals surface area contributed by atoms with Crippen LogP contribution in [0.4, 0.5) is 0 Å². The largest absolute Gasteiger partial charge is 0.496 e. The molecule has 0 saturated heterocycles. The summed E-state index contributed by atoms with van der Waals surface area (Å²) in [7, 11) is 1.56. The second-order valence-corrected chi connectivity index (χ2v) is 5.16. The zero-order valence-electron chi connectivity index (χ0n) is 12.7. The Hall–Kier alpha value is -1.75. The van der Waals surface area contributed by atoms with Crippen LogP contribution >= 0.6 is 0 Å². The molecule has 1 aromatic carbocycles. The monoisotopic (exact) mass is 279 g/mol. The smallest absolute Gasteiger partial charge is 0.173 e. The Morgan fingerprint density at radius 3 is 2.65 bits per heavy atom. The molecule has 0 aliphatic rings. The van der Waals surface area contributed by atoms with Crippen molar-refractivity contribution in [2.45, 2.75) is 39.8 Å². The fourth-order valence-corrected chi connectivity index (χ4v) is 2.22. The first-order chi connectivity index (χ1) is 9.53. The summed E-state index contributed by atoms with van der Waals surface area (Å²) in [4.78, 5) is 0. The predicted molar refractivity (Wildman–Crippen MR) is 81.3 cm³/mol. The zero-order chi connectivity index (χ0) is 15.1. The van der Waals surface area contributed by atoms with Crippen molar-refractivity contribution in [3.8, 4) is 5.75 Å².